The van der Waals surface area contributed by atoms with Crippen molar-refractivity contribution in [3.63, 3.8) is 0 Å². The number of carboxylic acids is 1. The largest absolute Gasteiger partial charge is 0.480 e. The SMILES string of the molecule is CC(NC(=O)NC1(C(=O)O)CC1)C(C)(C)C. The van der Waals surface area contributed by atoms with Gasteiger partial charge in [-0.25, -0.2) is 9.59 Å². The molecule has 1 atom stereocenters. The molecule has 1 fully saturated rings. The van der Waals surface area contributed by atoms with Gasteiger partial charge in [-0.05, 0) is 25.2 Å². The topological polar surface area (TPSA) is 78.4 Å². The lowest BCUT2D eigenvalue weighted by molar-refractivity contribution is -0.140. The van der Waals surface area contributed by atoms with Gasteiger partial charge in [-0.15, -0.1) is 0 Å². The van der Waals surface area contributed by atoms with Crippen LogP contribution in [0.25, 0.3) is 0 Å². The van der Waals surface area contributed by atoms with Crippen molar-refractivity contribution in [3.8, 4) is 0 Å². The second-order valence-corrected chi connectivity index (χ2v) is 5.57. The summed E-state index contributed by atoms with van der Waals surface area (Å²) in [6.45, 7) is 7.95. The third-order valence-electron chi connectivity index (χ3n) is 3.16. The molecule has 0 saturated heterocycles. The molecule has 5 heteroatoms. The molecule has 0 heterocycles. The van der Waals surface area contributed by atoms with Crippen LogP contribution in [0.2, 0.25) is 0 Å². The molecule has 1 rings (SSSR count). The van der Waals surface area contributed by atoms with Crippen molar-refractivity contribution >= 4 is 12.0 Å². The van der Waals surface area contributed by atoms with E-state index in [4.69, 9.17) is 5.11 Å². The highest BCUT2D eigenvalue weighted by molar-refractivity contribution is 5.89. The zero-order valence-electron chi connectivity index (χ0n) is 10.3. The number of urea groups is 1. The van der Waals surface area contributed by atoms with Gasteiger partial charge in [0.2, 0.25) is 0 Å². The van der Waals surface area contributed by atoms with Crippen LogP contribution in [-0.2, 0) is 4.79 Å². The monoisotopic (exact) mass is 228 g/mol. The summed E-state index contributed by atoms with van der Waals surface area (Å²) in [5.41, 5.74) is -1.06. The zero-order chi connectivity index (χ0) is 12.6. The molecule has 16 heavy (non-hydrogen) atoms. The van der Waals surface area contributed by atoms with Crippen molar-refractivity contribution in [1.29, 1.82) is 0 Å². The Balaban J connectivity index is 2.46. The number of hydrogen-bond donors (Lipinski definition) is 3. The van der Waals surface area contributed by atoms with E-state index in [0.29, 0.717) is 12.8 Å². The van der Waals surface area contributed by atoms with E-state index in [1.54, 1.807) is 0 Å². The molecular weight excluding hydrogens is 208 g/mol. The third-order valence-corrected chi connectivity index (χ3v) is 3.16. The smallest absolute Gasteiger partial charge is 0.329 e. The van der Waals surface area contributed by atoms with Gasteiger partial charge in [-0.2, -0.15) is 0 Å². The summed E-state index contributed by atoms with van der Waals surface area (Å²) in [5, 5.41) is 14.2. The van der Waals surface area contributed by atoms with Crippen LogP contribution in [0.5, 0.6) is 0 Å². The van der Waals surface area contributed by atoms with E-state index in [9.17, 15) is 9.59 Å². The molecule has 1 aliphatic carbocycles. The van der Waals surface area contributed by atoms with Crippen molar-refractivity contribution in [2.75, 3.05) is 0 Å². The molecule has 3 N–H and O–H groups in total. The molecule has 0 radical (unpaired) electrons. The third kappa shape index (κ3) is 2.87. The fraction of sp³-hybridized carbons (Fsp3) is 0.818. The number of aliphatic carboxylic acids is 1. The first kappa shape index (κ1) is 12.8. The van der Waals surface area contributed by atoms with Crippen molar-refractivity contribution in [1.82, 2.24) is 10.6 Å². The van der Waals surface area contributed by atoms with Crippen molar-refractivity contribution < 1.29 is 14.7 Å². The molecule has 1 unspecified atom stereocenters. The average molecular weight is 228 g/mol. The van der Waals surface area contributed by atoms with E-state index < -0.39 is 17.5 Å². The number of amides is 2. The summed E-state index contributed by atoms with van der Waals surface area (Å²) in [5.74, 6) is -0.953. The minimum Gasteiger partial charge on any atom is -0.480 e. The van der Waals surface area contributed by atoms with E-state index in [1.807, 2.05) is 27.7 Å². The molecule has 0 aromatic heterocycles. The normalized spacial score (nSPS) is 19.8. The fourth-order valence-electron chi connectivity index (χ4n) is 1.18. The van der Waals surface area contributed by atoms with Gasteiger partial charge in [-0.3, -0.25) is 0 Å². The summed E-state index contributed by atoms with van der Waals surface area (Å²) in [4.78, 5) is 22.4. The van der Waals surface area contributed by atoms with Gasteiger partial charge in [-0.1, -0.05) is 20.8 Å². The predicted molar refractivity (Wildman–Crippen MR) is 60.2 cm³/mol. The predicted octanol–water partition coefficient (Wildman–Crippen LogP) is 1.34. The number of carbonyl (C=O) groups excluding carboxylic acids is 1. The number of carbonyl (C=O) groups is 2. The Morgan fingerprint density at radius 2 is 1.81 bits per heavy atom. The van der Waals surface area contributed by atoms with Crippen LogP contribution < -0.4 is 10.6 Å². The Bertz CT molecular complexity index is 303. The lowest BCUT2D eigenvalue weighted by Crippen LogP contribution is -2.52. The summed E-state index contributed by atoms with van der Waals surface area (Å²) in [6.07, 6.45) is 1.03. The standard InChI is InChI=1S/C11H20N2O3/c1-7(10(2,3)4)12-9(16)13-11(5-6-11)8(14)15/h7H,5-6H2,1-4H3,(H,14,15)(H2,12,13,16). The van der Waals surface area contributed by atoms with Crippen LogP contribution in [0.1, 0.15) is 40.5 Å². The van der Waals surface area contributed by atoms with E-state index in [2.05, 4.69) is 10.6 Å². The quantitative estimate of drug-likeness (QED) is 0.682. The summed E-state index contributed by atoms with van der Waals surface area (Å²) in [6, 6.07) is -0.417. The summed E-state index contributed by atoms with van der Waals surface area (Å²) < 4.78 is 0. The molecule has 1 aliphatic rings. The number of hydrogen-bond acceptors (Lipinski definition) is 2. The van der Waals surface area contributed by atoms with Gasteiger partial charge in [0.25, 0.3) is 0 Å². The van der Waals surface area contributed by atoms with Gasteiger partial charge >= 0.3 is 12.0 Å². The average Bonchev–Trinajstić information content (AvgIpc) is 2.83. The second-order valence-electron chi connectivity index (χ2n) is 5.57. The lowest BCUT2D eigenvalue weighted by atomic mass is 9.88. The van der Waals surface area contributed by atoms with Crippen LogP contribution in [0.3, 0.4) is 0 Å². The van der Waals surface area contributed by atoms with Gasteiger partial charge in [0.15, 0.2) is 0 Å². The van der Waals surface area contributed by atoms with Crippen molar-refractivity contribution in [2.24, 2.45) is 5.41 Å². The van der Waals surface area contributed by atoms with E-state index >= 15 is 0 Å². The van der Waals surface area contributed by atoms with Crippen LogP contribution in [0, 0.1) is 5.41 Å². The van der Waals surface area contributed by atoms with E-state index in [1.165, 1.54) is 0 Å². The maximum Gasteiger partial charge on any atom is 0.329 e. The van der Waals surface area contributed by atoms with E-state index in [-0.39, 0.29) is 11.5 Å². The van der Waals surface area contributed by atoms with Crippen molar-refractivity contribution in [2.45, 2.75) is 52.1 Å². The van der Waals surface area contributed by atoms with Crippen LogP contribution in [0.4, 0.5) is 4.79 Å². The summed E-state index contributed by atoms with van der Waals surface area (Å²) >= 11 is 0. The molecule has 5 nitrogen and oxygen atoms in total. The highest BCUT2D eigenvalue weighted by Crippen LogP contribution is 2.35. The first-order valence-electron chi connectivity index (χ1n) is 5.49. The molecule has 92 valence electrons. The molecule has 1 saturated carbocycles. The first-order chi connectivity index (χ1) is 7.17. The zero-order valence-corrected chi connectivity index (χ0v) is 10.3. The number of carboxylic acid groups (broad SMARTS) is 1. The van der Waals surface area contributed by atoms with E-state index in [0.717, 1.165) is 0 Å². The maximum absolute atomic E-state index is 11.6. The Labute approximate surface area is 95.6 Å². The Kier molecular flexibility index (Phi) is 3.17. The highest BCUT2D eigenvalue weighted by atomic mass is 16.4. The molecular formula is C11H20N2O3. The molecule has 0 aromatic rings. The van der Waals surface area contributed by atoms with Gasteiger partial charge in [0.1, 0.15) is 5.54 Å². The van der Waals surface area contributed by atoms with Crippen LogP contribution >= 0.6 is 0 Å². The lowest BCUT2D eigenvalue weighted by Gasteiger charge is -2.28. The molecule has 0 bridgehead atoms. The van der Waals surface area contributed by atoms with Crippen LogP contribution in [-0.4, -0.2) is 28.7 Å². The Hall–Kier alpha value is -1.26. The Morgan fingerprint density at radius 3 is 2.12 bits per heavy atom. The molecule has 0 aliphatic heterocycles. The second kappa shape index (κ2) is 3.96. The summed E-state index contributed by atoms with van der Waals surface area (Å²) in [7, 11) is 0. The minimum atomic E-state index is -1.01. The fourth-order valence-corrected chi connectivity index (χ4v) is 1.18. The van der Waals surface area contributed by atoms with Gasteiger partial charge in [0, 0.05) is 6.04 Å². The highest BCUT2D eigenvalue weighted by Gasteiger charge is 2.51. The van der Waals surface area contributed by atoms with Crippen LogP contribution in [0.15, 0.2) is 0 Å². The molecule has 2 amide bonds. The first-order valence-corrected chi connectivity index (χ1v) is 5.49. The molecule has 0 aromatic carbocycles. The minimum absolute atomic E-state index is 0.0166. The van der Waals surface area contributed by atoms with Gasteiger partial charge in [0.05, 0.1) is 0 Å². The molecule has 0 spiro atoms. The number of rotatable bonds is 3. The Morgan fingerprint density at radius 1 is 1.31 bits per heavy atom. The van der Waals surface area contributed by atoms with Gasteiger partial charge < -0.3 is 15.7 Å². The number of nitrogens with one attached hydrogen (secondary N) is 2. The van der Waals surface area contributed by atoms with Crippen molar-refractivity contribution in [3.05, 3.63) is 0 Å². The maximum atomic E-state index is 11.6.